The molecule has 0 saturated carbocycles. The summed E-state index contributed by atoms with van der Waals surface area (Å²) < 4.78 is 17.6. The van der Waals surface area contributed by atoms with Crippen LogP contribution in [0.5, 0.6) is 5.75 Å². The van der Waals surface area contributed by atoms with E-state index in [1.165, 1.54) is 0 Å². The molecule has 2 atom stereocenters. The minimum Gasteiger partial charge on any atom is -0.489 e. The first-order valence-electron chi connectivity index (χ1n) is 13.2. The van der Waals surface area contributed by atoms with E-state index in [0.29, 0.717) is 29.3 Å². The van der Waals surface area contributed by atoms with E-state index in [2.05, 4.69) is 5.32 Å². The molecule has 7 nitrogen and oxygen atoms in total. The van der Waals surface area contributed by atoms with Gasteiger partial charge in [-0.3, -0.25) is 4.79 Å². The number of piperidine rings is 2. The lowest BCUT2D eigenvalue weighted by atomic mass is 9.82. The molecule has 7 heteroatoms. The Morgan fingerprint density at radius 1 is 1.05 bits per heavy atom. The maximum Gasteiger partial charge on any atom is 0.410 e. The standard InChI is InChI=1S/C30H36N2O5/c1-19-27(25-17-24(13-14-26(25)36-19)35-18-20-9-6-5-7-10-20)28(33)31-21-15-22-11-8-12-23(16-21)32(22)29(34)37-30(2,3)4/h5-7,9-10,13-14,17,21-23H,8,11-12,15-16,18H2,1-4H3,(H,31,33)/t22-,23-/m1/s1. The lowest BCUT2D eigenvalue weighted by Crippen LogP contribution is -2.59. The molecule has 3 heterocycles. The number of aryl methyl sites for hydroxylation is 1. The second-order valence-electron chi connectivity index (χ2n) is 11.2. The van der Waals surface area contributed by atoms with Crippen LogP contribution in [0.1, 0.15) is 74.6 Å². The molecule has 2 fully saturated rings. The van der Waals surface area contributed by atoms with Crippen molar-refractivity contribution in [2.75, 3.05) is 0 Å². The molecule has 2 aromatic carbocycles. The molecule has 2 aliphatic rings. The van der Waals surface area contributed by atoms with E-state index in [4.69, 9.17) is 13.9 Å². The summed E-state index contributed by atoms with van der Waals surface area (Å²) in [6.07, 6.45) is 4.15. The van der Waals surface area contributed by atoms with Crippen molar-refractivity contribution in [3.8, 4) is 5.75 Å². The first kappa shape index (κ1) is 25.2. The summed E-state index contributed by atoms with van der Waals surface area (Å²) in [7, 11) is 0. The Morgan fingerprint density at radius 3 is 2.43 bits per heavy atom. The van der Waals surface area contributed by atoms with Gasteiger partial charge in [-0.15, -0.1) is 0 Å². The third-order valence-corrected chi connectivity index (χ3v) is 7.23. The van der Waals surface area contributed by atoms with Crippen molar-refractivity contribution >= 4 is 23.0 Å². The van der Waals surface area contributed by atoms with Crippen LogP contribution in [0.4, 0.5) is 4.79 Å². The molecule has 2 aliphatic heterocycles. The van der Waals surface area contributed by atoms with E-state index < -0.39 is 5.60 Å². The van der Waals surface area contributed by atoms with Crippen LogP contribution in [-0.2, 0) is 11.3 Å². The molecule has 196 valence electrons. The number of rotatable bonds is 5. The Hall–Kier alpha value is -3.48. The summed E-state index contributed by atoms with van der Waals surface area (Å²) in [5, 5.41) is 3.99. The van der Waals surface area contributed by atoms with Gasteiger partial charge < -0.3 is 24.1 Å². The van der Waals surface area contributed by atoms with Crippen LogP contribution in [0.3, 0.4) is 0 Å². The second kappa shape index (κ2) is 10.1. The summed E-state index contributed by atoms with van der Waals surface area (Å²) in [5.74, 6) is 1.12. The Bertz CT molecular complexity index is 1260. The van der Waals surface area contributed by atoms with E-state index in [-0.39, 0.29) is 30.1 Å². The number of amides is 2. The van der Waals surface area contributed by atoms with Gasteiger partial charge in [-0.25, -0.2) is 4.79 Å². The number of hydrogen-bond donors (Lipinski definition) is 1. The highest BCUT2D eigenvalue weighted by atomic mass is 16.6. The highest BCUT2D eigenvalue weighted by Crippen LogP contribution is 2.36. The van der Waals surface area contributed by atoms with Crippen LogP contribution in [-0.4, -0.2) is 40.6 Å². The number of furan rings is 1. The summed E-state index contributed by atoms with van der Waals surface area (Å²) in [4.78, 5) is 28.3. The Kier molecular flexibility index (Phi) is 6.88. The van der Waals surface area contributed by atoms with Crippen molar-refractivity contribution in [3.63, 3.8) is 0 Å². The molecule has 2 bridgehead atoms. The Balaban J connectivity index is 1.29. The highest BCUT2D eigenvalue weighted by molar-refractivity contribution is 6.07. The normalized spacial score (nSPS) is 21.5. The van der Waals surface area contributed by atoms with Gasteiger partial charge in [0.25, 0.3) is 5.91 Å². The van der Waals surface area contributed by atoms with Crippen molar-refractivity contribution in [2.24, 2.45) is 0 Å². The van der Waals surface area contributed by atoms with Crippen molar-refractivity contribution in [1.82, 2.24) is 10.2 Å². The predicted octanol–water partition coefficient (Wildman–Crippen LogP) is 6.37. The van der Waals surface area contributed by atoms with E-state index in [1.54, 1.807) is 0 Å². The maximum atomic E-state index is 13.5. The SMILES string of the molecule is Cc1oc2ccc(OCc3ccccc3)cc2c1C(=O)NC1C[C@H]2CCC[C@H](C1)N2C(=O)OC(C)(C)C. The van der Waals surface area contributed by atoms with Crippen LogP contribution in [0, 0.1) is 6.92 Å². The molecule has 37 heavy (non-hydrogen) atoms. The van der Waals surface area contributed by atoms with E-state index in [9.17, 15) is 9.59 Å². The number of nitrogens with one attached hydrogen (secondary N) is 1. The number of hydrogen-bond acceptors (Lipinski definition) is 5. The largest absolute Gasteiger partial charge is 0.489 e. The molecule has 0 unspecified atom stereocenters. The summed E-state index contributed by atoms with van der Waals surface area (Å²) in [5.41, 5.74) is 1.75. The first-order chi connectivity index (χ1) is 17.7. The number of carbonyl (C=O) groups excluding carboxylic acids is 2. The molecule has 0 spiro atoms. The molecule has 5 rings (SSSR count). The predicted molar refractivity (Wildman–Crippen MR) is 142 cm³/mol. The fourth-order valence-electron chi connectivity index (χ4n) is 5.68. The molecule has 0 radical (unpaired) electrons. The van der Waals surface area contributed by atoms with E-state index >= 15 is 0 Å². The van der Waals surface area contributed by atoms with Crippen LogP contribution < -0.4 is 10.1 Å². The summed E-state index contributed by atoms with van der Waals surface area (Å²) in [6.45, 7) is 7.94. The van der Waals surface area contributed by atoms with Crippen molar-refractivity contribution in [3.05, 3.63) is 65.4 Å². The van der Waals surface area contributed by atoms with Gasteiger partial charge in [0.15, 0.2) is 0 Å². The van der Waals surface area contributed by atoms with Crippen molar-refractivity contribution < 1.29 is 23.5 Å². The molecular formula is C30H36N2O5. The summed E-state index contributed by atoms with van der Waals surface area (Å²) in [6, 6.07) is 15.7. The van der Waals surface area contributed by atoms with Crippen LogP contribution in [0.25, 0.3) is 11.0 Å². The summed E-state index contributed by atoms with van der Waals surface area (Å²) >= 11 is 0. The van der Waals surface area contributed by atoms with Crippen LogP contribution in [0.2, 0.25) is 0 Å². The molecule has 1 aromatic heterocycles. The second-order valence-corrected chi connectivity index (χ2v) is 11.2. The number of benzene rings is 2. The quantitative estimate of drug-likeness (QED) is 0.437. The third-order valence-electron chi connectivity index (χ3n) is 7.23. The fraction of sp³-hybridized carbons (Fsp3) is 0.467. The number of fused-ring (bicyclic) bond motifs is 3. The van der Waals surface area contributed by atoms with Gasteiger partial charge in [0.1, 0.15) is 29.3 Å². The van der Waals surface area contributed by atoms with Crippen molar-refractivity contribution in [1.29, 1.82) is 0 Å². The average molecular weight is 505 g/mol. The van der Waals surface area contributed by atoms with Gasteiger partial charge in [0, 0.05) is 23.5 Å². The van der Waals surface area contributed by atoms with Gasteiger partial charge in [-0.1, -0.05) is 30.3 Å². The van der Waals surface area contributed by atoms with Gasteiger partial charge >= 0.3 is 6.09 Å². The van der Waals surface area contributed by atoms with Gasteiger partial charge in [0.2, 0.25) is 0 Å². The molecule has 1 N–H and O–H groups in total. The minimum absolute atomic E-state index is 0.0108. The topological polar surface area (TPSA) is 81.0 Å². The van der Waals surface area contributed by atoms with Crippen LogP contribution >= 0.6 is 0 Å². The molecule has 2 saturated heterocycles. The third kappa shape index (κ3) is 5.60. The van der Waals surface area contributed by atoms with Gasteiger partial charge in [-0.2, -0.15) is 0 Å². The average Bonchev–Trinajstić information content (AvgIpc) is 3.16. The van der Waals surface area contributed by atoms with Crippen LogP contribution in [0.15, 0.2) is 52.9 Å². The Labute approximate surface area is 218 Å². The Morgan fingerprint density at radius 2 is 1.76 bits per heavy atom. The lowest BCUT2D eigenvalue weighted by Gasteiger charge is -2.48. The zero-order valence-electron chi connectivity index (χ0n) is 22.1. The highest BCUT2D eigenvalue weighted by Gasteiger charge is 2.43. The lowest BCUT2D eigenvalue weighted by molar-refractivity contribution is -0.0229. The number of ether oxygens (including phenoxy) is 2. The maximum absolute atomic E-state index is 13.5. The van der Waals surface area contributed by atoms with E-state index in [1.807, 2.05) is 81.1 Å². The fourth-order valence-corrected chi connectivity index (χ4v) is 5.68. The zero-order chi connectivity index (χ0) is 26.2. The monoisotopic (exact) mass is 504 g/mol. The zero-order valence-corrected chi connectivity index (χ0v) is 22.1. The molecular weight excluding hydrogens is 468 g/mol. The van der Waals surface area contributed by atoms with Gasteiger partial charge in [0.05, 0.1) is 5.56 Å². The van der Waals surface area contributed by atoms with Gasteiger partial charge in [-0.05, 0) is 83.6 Å². The minimum atomic E-state index is -0.528. The number of nitrogens with zero attached hydrogens (tertiary/aromatic N) is 1. The molecule has 2 amide bonds. The molecule has 3 aromatic rings. The smallest absolute Gasteiger partial charge is 0.410 e. The van der Waals surface area contributed by atoms with E-state index in [0.717, 1.165) is 43.1 Å². The molecule has 0 aliphatic carbocycles. The van der Waals surface area contributed by atoms with Crippen molar-refractivity contribution in [2.45, 2.75) is 90.1 Å². The number of carbonyl (C=O) groups is 2. The first-order valence-corrected chi connectivity index (χ1v) is 13.2.